The van der Waals surface area contributed by atoms with E-state index in [9.17, 15) is 4.79 Å². The fraction of sp³-hybridized carbons (Fsp3) is 0.765. The Balaban J connectivity index is 2.92. The Morgan fingerprint density at radius 2 is 1.57 bits per heavy atom. The molecule has 0 fully saturated rings. The molecule has 0 amide bonds. The maximum atomic E-state index is 11.3. The van der Waals surface area contributed by atoms with Gasteiger partial charge in [-0.1, -0.05) is 52.9 Å². The zero-order valence-corrected chi connectivity index (χ0v) is 15.2. The van der Waals surface area contributed by atoms with E-state index in [0.717, 1.165) is 47.9 Å². The van der Waals surface area contributed by atoms with Crippen LogP contribution in [0.25, 0.3) is 0 Å². The number of hydrogen-bond donors (Lipinski definition) is 0. The fourth-order valence-corrected chi connectivity index (χ4v) is 3.18. The second-order valence-corrected chi connectivity index (χ2v) is 7.88. The number of nitrogens with zero attached hydrogens (tertiary/aromatic N) is 2. The molecule has 1 heterocycles. The minimum absolute atomic E-state index is 0.298. The number of hydrogen-bond acceptors (Lipinski definition) is 4. The summed E-state index contributed by atoms with van der Waals surface area (Å²) >= 11 is 1.55. The van der Waals surface area contributed by atoms with Gasteiger partial charge >= 0.3 is 0 Å². The predicted molar refractivity (Wildman–Crippen MR) is 92.7 cm³/mol. The lowest BCUT2D eigenvalue weighted by Gasteiger charge is -2.23. The van der Waals surface area contributed by atoms with Gasteiger partial charge in [0.2, 0.25) is 0 Å². The number of anilines is 1. The molecule has 120 valence electrons. The minimum Gasteiger partial charge on any atom is -0.348 e. The third kappa shape index (κ3) is 5.77. The topological polar surface area (TPSA) is 33.2 Å². The van der Waals surface area contributed by atoms with E-state index < -0.39 is 0 Å². The van der Waals surface area contributed by atoms with Crippen molar-refractivity contribution in [2.45, 2.75) is 60.3 Å². The normalized spacial score (nSPS) is 11.7. The standard InChI is InChI=1S/C17H30N2OS/c1-12(2)7-9-19(10-8-13(3)4)17-18-16(14(5)6)15(11-20)21-17/h11-14H,7-10H2,1-6H3. The zero-order valence-electron chi connectivity index (χ0n) is 14.3. The number of thiazole rings is 1. The first-order chi connectivity index (χ1) is 9.85. The van der Waals surface area contributed by atoms with Crippen LogP contribution >= 0.6 is 11.3 Å². The molecule has 0 aliphatic rings. The van der Waals surface area contributed by atoms with E-state index in [1.54, 1.807) is 11.3 Å². The smallest absolute Gasteiger partial charge is 0.186 e. The van der Waals surface area contributed by atoms with Crippen molar-refractivity contribution in [1.29, 1.82) is 0 Å². The molecule has 0 bridgehead atoms. The largest absolute Gasteiger partial charge is 0.348 e. The molecular formula is C17H30N2OS. The Morgan fingerprint density at radius 1 is 1.05 bits per heavy atom. The molecule has 3 nitrogen and oxygen atoms in total. The van der Waals surface area contributed by atoms with E-state index in [0.29, 0.717) is 17.8 Å². The quantitative estimate of drug-likeness (QED) is 0.603. The first-order valence-electron chi connectivity index (χ1n) is 8.06. The molecule has 1 rings (SSSR count). The highest BCUT2D eigenvalue weighted by Gasteiger charge is 2.18. The van der Waals surface area contributed by atoms with Crippen molar-refractivity contribution in [2.75, 3.05) is 18.0 Å². The van der Waals surface area contributed by atoms with E-state index in [1.807, 2.05) is 0 Å². The van der Waals surface area contributed by atoms with Gasteiger partial charge in [0, 0.05) is 13.1 Å². The Kier molecular flexibility index (Phi) is 7.36. The summed E-state index contributed by atoms with van der Waals surface area (Å²) in [6.45, 7) is 15.2. The van der Waals surface area contributed by atoms with Crippen molar-refractivity contribution >= 4 is 22.8 Å². The average molecular weight is 311 g/mol. The van der Waals surface area contributed by atoms with E-state index in [-0.39, 0.29) is 0 Å². The summed E-state index contributed by atoms with van der Waals surface area (Å²) in [5.41, 5.74) is 0.948. The van der Waals surface area contributed by atoms with Gasteiger partial charge in [-0.15, -0.1) is 0 Å². The minimum atomic E-state index is 0.298. The molecule has 0 spiro atoms. The molecule has 0 atom stereocenters. The molecule has 0 aliphatic carbocycles. The van der Waals surface area contributed by atoms with E-state index >= 15 is 0 Å². The monoisotopic (exact) mass is 310 g/mol. The van der Waals surface area contributed by atoms with Gasteiger partial charge in [0.25, 0.3) is 0 Å². The average Bonchev–Trinajstić information content (AvgIpc) is 2.82. The van der Waals surface area contributed by atoms with Crippen LogP contribution in [0.4, 0.5) is 5.13 Å². The molecule has 0 unspecified atom stereocenters. The number of aromatic nitrogens is 1. The fourth-order valence-electron chi connectivity index (χ4n) is 2.10. The summed E-state index contributed by atoms with van der Waals surface area (Å²) in [5.74, 6) is 1.66. The molecule has 0 aromatic carbocycles. The SMILES string of the molecule is CC(C)CCN(CCC(C)C)c1nc(C(C)C)c(C=O)s1. The lowest BCUT2D eigenvalue weighted by Crippen LogP contribution is -2.27. The summed E-state index contributed by atoms with van der Waals surface area (Å²) in [5, 5.41) is 1.02. The van der Waals surface area contributed by atoms with Crippen molar-refractivity contribution < 1.29 is 4.79 Å². The molecule has 4 heteroatoms. The van der Waals surface area contributed by atoms with E-state index in [2.05, 4.69) is 46.4 Å². The van der Waals surface area contributed by atoms with Gasteiger partial charge in [-0.25, -0.2) is 4.98 Å². The second kappa shape index (κ2) is 8.52. The third-order valence-electron chi connectivity index (χ3n) is 3.55. The maximum absolute atomic E-state index is 11.3. The van der Waals surface area contributed by atoms with Gasteiger partial charge in [-0.05, 0) is 30.6 Å². The van der Waals surface area contributed by atoms with Gasteiger partial charge in [-0.2, -0.15) is 0 Å². The van der Waals surface area contributed by atoms with Crippen LogP contribution in [0.15, 0.2) is 0 Å². The molecular weight excluding hydrogens is 280 g/mol. The summed E-state index contributed by atoms with van der Waals surface area (Å²) in [6, 6.07) is 0. The van der Waals surface area contributed by atoms with Crippen LogP contribution in [-0.4, -0.2) is 24.4 Å². The highest BCUT2D eigenvalue weighted by atomic mass is 32.1. The van der Waals surface area contributed by atoms with Crippen molar-refractivity contribution in [2.24, 2.45) is 11.8 Å². The first-order valence-corrected chi connectivity index (χ1v) is 8.87. The molecule has 0 saturated carbocycles. The van der Waals surface area contributed by atoms with E-state index in [1.165, 1.54) is 0 Å². The number of carbonyl (C=O) groups is 1. The van der Waals surface area contributed by atoms with Crippen LogP contribution in [0, 0.1) is 11.8 Å². The van der Waals surface area contributed by atoms with Gasteiger partial charge in [0.05, 0.1) is 10.6 Å². The van der Waals surface area contributed by atoms with Gasteiger partial charge in [0.1, 0.15) is 0 Å². The molecule has 1 aromatic rings. The Hall–Kier alpha value is -0.900. The molecule has 0 saturated heterocycles. The molecule has 0 N–H and O–H groups in total. The Bertz CT molecular complexity index is 426. The molecule has 1 aromatic heterocycles. The summed E-state index contributed by atoms with van der Waals surface area (Å²) in [4.78, 5) is 19.2. The van der Waals surface area contributed by atoms with Crippen LogP contribution in [0.2, 0.25) is 0 Å². The number of aldehydes is 1. The second-order valence-electron chi connectivity index (χ2n) is 6.87. The molecule has 0 radical (unpaired) electrons. The Labute approximate surface area is 133 Å². The van der Waals surface area contributed by atoms with Crippen molar-refractivity contribution in [1.82, 2.24) is 4.98 Å². The van der Waals surface area contributed by atoms with Gasteiger partial charge < -0.3 is 4.90 Å². The third-order valence-corrected chi connectivity index (χ3v) is 4.60. The molecule has 0 aliphatic heterocycles. The predicted octanol–water partition coefficient (Wildman–Crippen LogP) is 4.98. The summed E-state index contributed by atoms with van der Waals surface area (Å²) < 4.78 is 0. The summed E-state index contributed by atoms with van der Waals surface area (Å²) in [7, 11) is 0. The van der Waals surface area contributed by atoms with Crippen LogP contribution in [0.3, 0.4) is 0 Å². The van der Waals surface area contributed by atoms with Crippen molar-refractivity contribution in [3.63, 3.8) is 0 Å². The molecule has 21 heavy (non-hydrogen) atoms. The highest BCUT2D eigenvalue weighted by molar-refractivity contribution is 7.17. The van der Waals surface area contributed by atoms with Crippen LogP contribution in [0.5, 0.6) is 0 Å². The van der Waals surface area contributed by atoms with Crippen LogP contribution in [-0.2, 0) is 0 Å². The first kappa shape index (κ1) is 18.1. The van der Waals surface area contributed by atoms with Crippen molar-refractivity contribution in [3.8, 4) is 0 Å². The highest BCUT2D eigenvalue weighted by Crippen LogP contribution is 2.30. The van der Waals surface area contributed by atoms with E-state index in [4.69, 9.17) is 4.98 Å². The lowest BCUT2D eigenvalue weighted by molar-refractivity contribution is 0.112. The number of rotatable bonds is 9. The number of carbonyl (C=O) groups excluding carboxylic acids is 1. The van der Waals surface area contributed by atoms with Gasteiger partial charge in [-0.3, -0.25) is 4.79 Å². The zero-order chi connectivity index (χ0) is 16.0. The van der Waals surface area contributed by atoms with Crippen molar-refractivity contribution in [3.05, 3.63) is 10.6 Å². The summed E-state index contributed by atoms with van der Waals surface area (Å²) in [6.07, 6.45) is 3.27. The van der Waals surface area contributed by atoms with Gasteiger partial charge in [0.15, 0.2) is 11.4 Å². The lowest BCUT2D eigenvalue weighted by atomic mass is 10.1. The Morgan fingerprint density at radius 3 is 1.90 bits per heavy atom. The van der Waals surface area contributed by atoms with Crippen LogP contribution < -0.4 is 4.90 Å². The maximum Gasteiger partial charge on any atom is 0.186 e. The van der Waals surface area contributed by atoms with Crippen LogP contribution in [0.1, 0.15) is 75.7 Å².